The highest BCUT2D eigenvalue weighted by atomic mass is 35.5. The third kappa shape index (κ3) is 3.69. The number of amides is 1. The van der Waals surface area contributed by atoms with Gasteiger partial charge in [0.05, 0.1) is 5.56 Å². The van der Waals surface area contributed by atoms with Crippen LogP contribution in [0.5, 0.6) is 0 Å². The maximum Gasteiger partial charge on any atom is 0.277 e. The van der Waals surface area contributed by atoms with Crippen molar-refractivity contribution in [3.8, 4) is 0 Å². The average molecular weight is 427 g/mol. The number of aromatic nitrogens is 3. The minimum absolute atomic E-state index is 0. The highest BCUT2D eigenvalue weighted by Gasteiger charge is 2.47. The summed E-state index contributed by atoms with van der Waals surface area (Å²) in [6, 6.07) is 8.50. The van der Waals surface area contributed by atoms with E-state index < -0.39 is 5.91 Å². The second-order valence-corrected chi connectivity index (χ2v) is 8.04. The molecule has 0 atom stereocenters. The average Bonchev–Trinajstić information content (AvgIpc) is 3.19. The maximum absolute atomic E-state index is 11.4. The van der Waals surface area contributed by atoms with Gasteiger partial charge < -0.3 is 4.90 Å². The zero-order valence-corrected chi connectivity index (χ0v) is 17.2. The number of benzene rings is 1. The van der Waals surface area contributed by atoms with Gasteiger partial charge in [-0.05, 0) is 23.4 Å². The number of nitrogens with zero attached hydrogens (tertiary/aromatic N) is 5. The number of nitrogens with one attached hydrogen (secondary N) is 1. The number of hydroxylamine groups is 1. The van der Waals surface area contributed by atoms with Gasteiger partial charge in [-0.15, -0.1) is 12.4 Å². The fourth-order valence-corrected chi connectivity index (χ4v) is 4.61. The summed E-state index contributed by atoms with van der Waals surface area (Å²) < 4.78 is 0. The zero-order chi connectivity index (χ0) is 19.8. The van der Waals surface area contributed by atoms with Crippen LogP contribution in [0.1, 0.15) is 22.3 Å². The van der Waals surface area contributed by atoms with Crippen LogP contribution in [0, 0.1) is 5.41 Å². The van der Waals surface area contributed by atoms with Gasteiger partial charge in [-0.2, -0.15) is 0 Å². The normalized spacial score (nSPS) is 17.6. The Morgan fingerprint density at radius 2 is 1.93 bits per heavy atom. The summed E-state index contributed by atoms with van der Waals surface area (Å²) in [4.78, 5) is 28.9. The fraction of sp³-hybridized carbons (Fsp3) is 0.333. The molecule has 1 amide bonds. The second kappa shape index (κ2) is 8.14. The Balaban J connectivity index is 0.00000218. The molecule has 2 aromatic heterocycles. The number of anilines is 1. The Labute approximate surface area is 180 Å². The molecular weight excluding hydrogens is 404 g/mol. The van der Waals surface area contributed by atoms with E-state index in [0.717, 1.165) is 39.1 Å². The van der Waals surface area contributed by atoms with E-state index in [1.54, 1.807) is 5.48 Å². The summed E-state index contributed by atoms with van der Waals surface area (Å²) in [5, 5.41) is 11.2. The number of likely N-dealkylation sites (tertiary alicyclic amines) is 1. The molecular formula is C21H23ClN6O2. The minimum Gasteiger partial charge on any atom is -0.340 e. The van der Waals surface area contributed by atoms with E-state index in [0.29, 0.717) is 5.95 Å². The van der Waals surface area contributed by atoms with Crippen LogP contribution in [0.25, 0.3) is 10.8 Å². The topological polar surface area (TPSA) is 94.5 Å². The van der Waals surface area contributed by atoms with E-state index in [1.807, 2.05) is 12.4 Å². The lowest BCUT2D eigenvalue weighted by Crippen LogP contribution is -2.56. The molecule has 0 unspecified atom stereocenters. The van der Waals surface area contributed by atoms with Crippen molar-refractivity contribution in [1.82, 2.24) is 25.3 Å². The first-order valence-electron chi connectivity index (χ1n) is 9.71. The molecule has 2 fully saturated rings. The van der Waals surface area contributed by atoms with Gasteiger partial charge in [-0.1, -0.05) is 18.2 Å². The fourth-order valence-electron chi connectivity index (χ4n) is 4.61. The third-order valence-electron chi connectivity index (χ3n) is 6.01. The largest absolute Gasteiger partial charge is 0.340 e. The Morgan fingerprint density at radius 3 is 2.70 bits per heavy atom. The molecule has 8 nitrogen and oxygen atoms in total. The number of carbonyl (C=O) groups excluding carboxylic acids is 1. The van der Waals surface area contributed by atoms with Gasteiger partial charge in [-0.3, -0.25) is 19.9 Å². The number of carbonyl (C=O) groups is 1. The Morgan fingerprint density at radius 1 is 1.13 bits per heavy atom. The number of pyridine rings is 1. The molecule has 5 rings (SSSR count). The van der Waals surface area contributed by atoms with Crippen LogP contribution in [0.15, 0.2) is 49.1 Å². The van der Waals surface area contributed by atoms with Crippen molar-refractivity contribution in [2.75, 3.05) is 31.1 Å². The number of hydrogen-bond donors (Lipinski definition) is 2. The van der Waals surface area contributed by atoms with Gasteiger partial charge in [0.25, 0.3) is 5.91 Å². The van der Waals surface area contributed by atoms with Crippen molar-refractivity contribution in [3.63, 3.8) is 0 Å². The van der Waals surface area contributed by atoms with Crippen molar-refractivity contribution in [3.05, 3.63) is 60.2 Å². The first-order valence-corrected chi connectivity index (χ1v) is 9.71. The summed E-state index contributed by atoms with van der Waals surface area (Å²) in [5.41, 5.74) is 3.47. The van der Waals surface area contributed by atoms with Crippen LogP contribution in [0.3, 0.4) is 0 Å². The molecule has 2 saturated heterocycles. The van der Waals surface area contributed by atoms with Crippen LogP contribution >= 0.6 is 12.4 Å². The zero-order valence-electron chi connectivity index (χ0n) is 16.4. The number of hydrogen-bond acceptors (Lipinski definition) is 7. The summed E-state index contributed by atoms with van der Waals surface area (Å²) in [7, 11) is 0. The summed E-state index contributed by atoms with van der Waals surface area (Å²) in [6.45, 7) is 4.92. The van der Waals surface area contributed by atoms with E-state index in [1.165, 1.54) is 28.7 Å². The predicted molar refractivity (Wildman–Crippen MR) is 115 cm³/mol. The Bertz CT molecular complexity index is 1050. The molecule has 1 spiro atoms. The monoisotopic (exact) mass is 426 g/mol. The summed E-state index contributed by atoms with van der Waals surface area (Å²) in [5.74, 6) is 0.0321. The van der Waals surface area contributed by atoms with Gasteiger partial charge in [0.15, 0.2) is 0 Å². The van der Waals surface area contributed by atoms with E-state index in [-0.39, 0.29) is 23.4 Å². The van der Waals surface area contributed by atoms with Crippen LogP contribution in [-0.2, 0) is 6.54 Å². The van der Waals surface area contributed by atoms with Gasteiger partial charge in [-0.25, -0.2) is 15.4 Å². The number of fused-ring (bicyclic) bond motifs is 1. The van der Waals surface area contributed by atoms with Crippen LogP contribution in [0.2, 0.25) is 0 Å². The lowest BCUT2D eigenvalue weighted by Gasteiger charge is -2.48. The van der Waals surface area contributed by atoms with E-state index >= 15 is 0 Å². The third-order valence-corrected chi connectivity index (χ3v) is 6.01. The molecule has 0 saturated carbocycles. The molecule has 156 valence electrons. The van der Waals surface area contributed by atoms with Crippen molar-refractivity contribution in [1.29, 1.82) is 0 Å². The molecule has 9 heteroatoms. The molecule has 0 aliphatic carbocycles. The van der Waals surface area contributed by atoms with Crippen molar-refractivity contribution < 1.29 is 10.0 Å². The van der Waals surface area contributed by atoms with Crippen molar-refractivity contribution in [2.24, 2.45) is 5.41 Å². The Hall–Kier alpha value is -2.81. The predicted octanol–water partition coefficient (Wildman–Crippen LogP) is 2.28. The van der Waals surface area contributed by atoms with Gasteiger partial charge >= 0.3 is 0 Å². The molecule has 30 heavy (non-hydrogen) atoms. The first-order chi connectivity index (χ1) is 14.2. The van der Waals surface area contributed by atoms with Crippen molar-refractivity contribution in [2.45, 2.75) is 13.0 Å². The minimum atomic E-state index is -0.603. The first kappa shape index (κ1) is 20.5. The highest BCUT2D eigenvalue weighted by molar-refractivity contribution is 5.92. The quantitative estimate of drug-likeness (QED) is 0.488. The maximum atomic E-state index is 11.4. The standard InChI is InChI=1S/C21H22N6O2.ClH/c28-19(25-29)17-9-23-20(24-10-17)27-7-5-21(14-27)12-26(13-21)11-16-3-1-2-15-8-22-6-4-18(15)16;/h1-4,6,8-10,29H,5,7,11-14H2,(H,25,28);1H. The van der Waals surface area contributed by atoms with Crippen LogP contribution in [0.4, 0.5) is 5.95 Å². The Kier molecular flexibility index (Phi) is 5.55. The van der Waals surface area contributed by atoms with Gasteiger partial charge in [0, 0.05) is 68.3 Å². The number of rotatable bonds is 4. The molecule has 0 bridgehead atoms. The van der Waals surface area contributed by atoms with Crippen molar-refractivity contribution >= 4 is 35.0 Å². The molecule has 3 aromatic rings. The SMILES string of the molecule is Cl.O=C(NO)c1cnc(N2CCC3(CN(Cc4cccc5cnccc45)C3)C2)nc1. The summed E-state index contributed by atoms with van der Waals surface area (Å²) in [6.07, 6.45) is 7.78. The van der Waals surface area contributed by atoms with E-state index in [9.17, 15) is 4.79 Å². The molecule has 2 aliphatic rings. The highest BCUT2D eigenvalue weighted by Crippen LogP contribution is 2.41. The smallest absolute Gasteiger partial charge is 0.277 e. The molecule has 1 aromatic carbocycles. The van der Waals surface area contributed by atoms with E-state index in [2.05, 4.69) is 49.0 Å². The van der Waals surface area contributed by atoms with Gasteiger partial charge in [0.2, 0.25) is 5.95 Å². The van der Waals surface area contributed by atoms with Gasteiger partial charge in [0.1, 0.15) is 0 Å². The molecule has 4 heterocycles. The summed E-state index contributed by atoms with van der Waals surface area (Å²) >= 11 is 0. The molecule has 0 radical (unpaired) electrons. The van der Waals surface area contributed by atoms with Crippen LogP contribution in [-0.4, -0.2) is 57.1 Å². The molecule has 2 N–H and O–H groups in total. The lowest BCUT2D eigenvalue weighted by atomic mass is 9.79. The van der Waals surface area contributed by atoms with Crippen LogP contribution < -0.4 is 10.4 Å². The lowest BCUT2D eigenvalue weighted by molar-refractivity contribution is 0.0119. The number of halogens is 1. The van der Waals surface area contributed by atoms with E-state index in [4.69, 9.17) is 5.21 Å². The molecule has 2 aliphatic heterocycles. The second-order valence-electron chi connectivity index (χ2n) is 8.04.